The summed E-state index contributed by atoms with van der Waals surface area (Å²) in [6, 6.07) is 8.71. The van der Waals surface area contributed by atoms with E-state index in [0.717, 1.165) is 16.5 Å². The molecule has 0 saturated carbocycles. The van der Waals surface area contributed by atoms with E-state index < -0.39 is 5.54 Å². The van der Waals surface area contributed by atoms with Gasteiger partial charge in [-0.1, -0.05) is 26.0 Å². The van der Waals surface area contributed by atoms with Crippen molar-refractivity contribution in [2.75, 3.05) is 6.61 Å². The van der Waals surface area contributed by atoms with Crippen molar-refractivity contribution in [2.24, 2.45) is 0 Å². The maximum atomic E-state index is 14.7. The number of hydrogen-bond donors (Lipinski definition) is 1. The van der Waals surface area contributed by atoms with Crippen molar-refractivity contribution in [1.29, 1.82) is 0 Å². The molecule has 0 bridgehead atoms. The highest BCUT2D eigenvalue weighted by atomic mass is 19.1. The SMILES string of the molecule is CC.CCONC(=O)c1cc2ccncc2n1C(C)(C)c1ccc(C)cc1F. The Morgan fingerprint density at radius 2 is 1.96 bits per heavy atom. The number of aryl methyl sites for hydroxylation is 1. The number of aromatic nitrogens is 2. The molecule has 0 radical (unpaired) electrons. The number of carbonyl (C=O) groups is 1. The van der Waals surface area contributed by atoms with Crippen LogP contribution in [0.2, 0.25) is 0 Å². The number of halogens is 1. The van der Waals surface area contributed by atoms with Gasteiger partial charge in [0.15, 0.2) is 0 Å². The van der Waals surface area contributed by atoms with Gasteiger partial charge >= 0.3 is 0 Å². The zero-order valence-corrected chi connectivity index (χ0v) is 17.3. The number of fused-ring (bicyclic) bond motifs is 1. The van der Waals surface area contributed by atoms with Gasteiger partial charge in [-0.3, -0.25) is 14.6 Å². The molecule has 0 spiro atoms. The van der Waals surface area contributed by atoms with Crippen molar-refractivity contribution in [3.8, 4) is 0 Å². The lowest BCUT2D eigenvalue weighted by molar-refractivity contribution is 0.0353. The second-order valence-corrected chi connectivity index (χ2v) is 6.71. The van der Waals surface area contributed by atoms with Gasteiger partial charge in [0, 0.05) is 17.1 Å². The lowest BCUT2D eigenvalue weighted by Gasteiger charge is -2.31. The summed E-state index contributed by atoms with van der Waals surface area (Å²) in [6.45, 7) is 11.7. The number of pyridine rings is 1. The van der Waals surface area contributed by atoms with Crippen molar-refractivity contribution >= 4 is 16.8 Å². The average Bonchev–Trinajstić information content (AvgIpc) is 3.08. The van der Waals surface area contributed by atoms with E-state index in [2.05, 4.69) is 10.5 Å². The Bertz CT molecular complexity index is 964. The van der Waals surface area contributed by atoms with Crippen LogP contribution in [0.25, 0.3) is 10.9 Å². The predicted octanol–water partition coefficient (Wildman–Crippen LogP) is 4.97. The molecule has 28 heavy (non-hydrogen) atoms. The third kappa shape index (κ3) is 4.07. The standard InChI is InChI=1S/C20H22FN3O2.C2H6/c1-5-26-23-19(25)17-11-14-8-9-22-12-18(14)24(17)20(3,4)15-7-6-13(2)10-16(15)21;1-2/h6-12H,5H2,1-4H3,(H,23,25);1-2H3. The molecule has 0 saturated heterocycles. The number of nitrogens with one attached hydrogen (secondary N) is 1. The normalized spacial score (nSPS) is 11.1. The van der Waals surface area contributed by atoms with Crippen molar-refractivity contribution in [2.45, 2.75) is 47.1 Å². The lowest BCUT2D eigenvalue weighted by atomic mass is 9.92. The van der Waals surface area contributed by atoms with Crippen LogP contribution in [0.5, 0.6) is 0 Å². The molecule has 3 rings (SSSR count). The minimum Gasteiger partial charge on any atom is -0.325 e. The van der Waals surface area contributed by atoms with Crippen LogP contribution in [0.3, 0.4) is 0 Å². The number of hydroxylamine groups is 1. The molecule has 0 fully saturated rings. The smallest absolute Gasteiger partial charge is 0.291 e. The number of amides is 1. The maximum absolute atomic E-state index is 14.7. The minimum absolute atomic E-state index is 0.308. The molecule has 0 unspecified atom stereocenters. The highest BCUT2D eigenvalue weighted by Crippen LogP contribution is 2.34. The molecule has 1 amide bonds. The van der Waals surface area contributed by atoms with Gasteiger partial charge in [-0.2, -0.15) is 0 Å². The van der Waals surface area contributed by atoms with Gasteiger partial charge in [0.2, 0.25) is 0 Å². The summed E-state index contributed by atoms with van der Waals surface area (Å²) < 4.78 is 16.5. The zero-order valence-electron chi connectivity index (χ0n) is 17.3. The molecular formula is C22H28FN3O2. The third-order valence-electron chi connectivity index (χ3n) is 4.49. The zero-order chi connectivity index (χ0) is 20.9. The summed E-state index contributed by atoms with van der Waals surface area (Å²) in [5.41, 5.74) is 4.07. The molecule has 0 atom stereocenters. The molecule has 2 heterocycles. The molecule has 2 aromatic heterocycles. The quantitative estimate of drug-likeness (QED) is 0.631. The average molecular weight is 385 g/mol. The molecule has 1 N–H and O–H groups in total. The van der Waals surface area contributed by atoms with Crippen LogP contribution < -0.4 is 5.48 Å². The minimum atomic E-state index is -0.818. The van der Waals surface area contributed by atoms with Gasteiger partial charge in [0.25, 0.3) is 5.91 Å². The Morgan fingerprint density at radius 3 is 2.61 bits per heavy atom. The number of rotatable bonds is 5. The van der Waals surface area contributed by atoms with Gasteiger partial charge in [-0.15, -0.1) is 0 Å². The lowest BCUT2D eigenvalue weighted by Crippen LogP contribution is -2.35. The van der Waals surface area contributed by atoms with Crippen LogP contribution in [-0.2, 0) is 10.4 Å². The van der Waals surface area contributed by atoms with Gasteiger partial charge in [-0.05, 0) is 51.5 Å². The van der Waals surface area contributed by atoms with Crippen molar-refractivity contribution in [3.63, 3.8) is 0 Å². The Kier molecular flexibility index (Phi) is 6.91. The summed E-state index contributed by atoms with van der Waals surface area (Å²) in [4.78, 5) is 21.9. The molecule has 1 aromatic carbocycles. The second kappa shape index (κ2) is 8.97. The molecule has 6 heteroatoms. The van der Waals surface area contributed by atoms with E-state index in [9.17, 15) is 9.18 Å². The Balaban J connectivity index is 0.00000136. The molecule has 150 valence electrons. The predicted molar refractivity (Wildman–Crippen MR) is 110 cm³/mol. The second-order valence-electron chi connectivity index (χ2n) is 6.71. The summed E-state index contributed by atoms with van der Waals surface area (Å²) in [6.07, 6.45) is 3.34. The molecule has 5 nitrogen and oxygen atoms in total. The molecule has 0 aliphatic heterocycles. The Hall–Kier alpha value is -2.73. The van der Waals surface area contributed by atoms with E-state index in [1.165, 1.54) is 6.07 Å². The van der Waals surface area contributed by atoms with Crippen molar-refractivity contribution in [3.05, 3.63) is 65.4 Å². The molecule has 3 aromatic rings. The molecular weight excluding hydrogens is 357 g/mol. The first kappa shape index (κ1) is 21.6. The fraction of sp³-hybridized carbons (Fsp3) is 0.364. The Labute approximate surface area is 165 Å². The summed E-state index contributed by atoms with van der Waals surface area (Å²) in [7, 11) is 0. The number of carbonyl (C=O) groups excluding carboxylic acids is 1. The Morgan fingerprint density at radius 1 is 1.25 bits per heavy atom. The van der Waals surface area contributed by atoms with Crippen LogP contribution in [0.15, 0.2) is 42.7 Å². The number of benzene rings is 1. The highest BCUT2D eigenvalue weighted by molar-refractivity contribution is 5.98. The monoisotopic (exact) mass is 385 g/mol. The van der Waals surface area contributed by atoms with Crippen molar-refractivity contribution in [1.82, 2.24) is 15.0 Å². The van der Waals surface area contributed by atoms with Gasteiger partial charge in [0.05, 0.1) is 23.9 Å². The maximum Gasteiger partial charge on any atom is 0.291 e. The van der Waals surface area contributed by atoms with Gasteiger partial charge in [-0.25, -0.2) is 9.87 Å². The van der Waals surface area contributed by atoms with E-state index >= 15 is 0 Å². The first-order valence-electron chi connectivity index (χ1n) is 9.51. The fourth-order valence-electron chi connectivity index (χ4n) is 3.24. The summed E-state index contributed by atoms with van der Waals surface area (Å²) in [5, 5.41) is 0.849. The largest absolute Gasteiger partial charge is 0.325 e. The van der Waals surface area contributed by atoms with Crippen LogP contribution >= 0.6 is 0 Å². The highest BCUT2D eigenvalue weighted by Gasteiger charge is 2.31. The molecule has 0 aliphatic rings. The van der Waals surface area contributed by atoms with Crippen LogP contribution in [0.4, 0.5) is 4.39 Å². The number of nitrogens with zero attached hydrogens (tertiary/aromatic N) is 2. The topological polar surface area (TPSA) is 56.1 Å². The summed E-state index contributed by atoms with van der Waals surface area (Å²) in [5.74, 6) is -0.694. The first-order chi connectivity index (χ1) is 13.4. The summed E-state index contributed by atoms with van der Waals surface area (Å²) >= 11 is 0. The molecule has 0 aliphatic carbocycles. The van der Waals surface area contributed by atoms with Gasteiger partial charge in [0.1, 0.15) is 11.5 Å². The van der Waals surface area contributed by atoms with E-state index in [0.29, 0.717) is 17.9 Å². The number of hydrogen-bond acceptors (Lipinski definition) is 3. The fourth-order valence-corrected chi connectivity index (χ4v) is 3.24. The van der Waals surface area contributed by atoms with Gasteiger partial charge < -0.3 is 4.57 Å². The third-order valence-corrected chi connectivity index (χ3v) is 4.49. The van der Waals surface area contributed by atoms with E-state index in [4.69, 9.17) is 4.84 Å². The first-order valence-corrected chi connectivity index (χ1v) is 9.51. The van der Waals surface area contributed by atoms with E-state index in [1.807, 2.05) is 46.8 Å². The van der Waals surface area contributed by atoms with E-state index in [-0.39, 0.29) is 11.7 Å². The van der Waals surface area contributed by atoms with E-state index in [1.54, 1.807) is 36.0 Å². The van der Waals surface area contributed by atoms with Crippen LogP contribution in [0.1, 0.15) is 56.2 Å². The van der Waals surface area contributed by atoms with Crippen LogP contribution in [-0.4, -0.2) is 22.1 Å². The van der Waals surface area contributed by atoms with Crippen molar-refractivity contribution < 1.29 is 14.0 Å². The van der Waals surface area contributed by atoms with Crippen LogP contribution in [0, 0.1) is 12.7 Å².